The number of aromatic nitrogens is 4. The second-order valence-electron chi connectivity index (χ2n) is 7.72. The Morgan fingerprint density at radius 3 is 2.43 bits per heavy atom. The molecule has 0 saturated heterocycles. The predicted octanol–water partition coefficient (Wildman–Crippen LogP) is 5.24. The third kappa shape index (κ3) is 4.46. The molecule has 2 heterocycles. The van der Waals surface area contributed by atoms with Crippen LogP contribution >= 0.6 is 0 Å². The van der Waals surface area contributed by atoms with E-state index in [0.717, 1.165) is 41.7 Å². The zero-order chi connectivity index (χ0) is 25.1. The molecular formula is C24H17F3N6O2. The summed E-state index contributed by atoms with van der Waals surface area (Å²) in [6, 6.07) is 13.9. The summed E-state index contributed by atoms with van der Waals surface area (Å²) in [4.78, 5) is 19.6. The summed E-state index contributed by atoms with van der Waals surface area (Å²) in [5.41, 5.74) is -3.42. The summed E-state index contributed by atoms with van der Waals surface area (Å²) in [6.45, 7) is 0.807. The zero-order valence-corrected chi connectivity index (χ0v) is 18.3. The van der Waals surface area contributed by atoms with E-state index in [1.165, 1.54) is 24.3 Å². The molecule has 0 aliphatic rings. The first-order valence-electron chi connectivity index (χ1n) is 10.2. The van der Waals surface area contributed by atoms with Crippen molar-refractivity contribution in [3.8, 4) is 17.6 Å². The first-order chi connectivity index (χ1) is 16.8. The van der Waals surface area contributed by atoms with Gasteiger partial charge < -0.3 is 4.74 Å². The molecule has 176 valence electrons. The van der Waals surface area contributed by atoms with Gasteiger partial charge in [0.25, 0.3) is 0 Å². The monoisotopic (exact) mass is 478 g/mol. The average molecular weight is 478 g/mol. The van der Waals surface area contributed by atoms with Crippen LogP contribution in [-0.4, -0.2) is 19.7 Å². The van der Waals surface area contributed by atoms with E-state index in [9.17, 15) is 9.30 Å². The van der Waals surface area contributed by atoms with Crippen LogP contribution in [0.3, 0.4) is 0 Å². The van der Waals surface area contributed by atoms with Crippen molar-refractivity contribution in [2.45, 2.75) is 24.9 Å². The van der Waals surface area contributed by atoms with Gasteiger partial charge in [0.15, 0.2) is 0 Å². The van der Waals surface area contributed by atoms with Crippen molar-refractivity contribution in [1.29, 1.82) is 5.26 Å². The first-order valence-corrected chi connectivity index (χ1v) is 10.2. The molecule has 0 spiro atoms. The smallest absolute Gasteiger partial charge is 0.323 e. The minimum absolute atomic E-state index is 0.136. The van der Waals surface area contributed by atoms with E-state index in [0.29, 0.717) is 16.9 Å². The van der Waals surface area contributed by atoms with Crippen molar-refractivity contribution in [2.24, 2.45) is 5.18 Å². The summed E-state index contributed by atoms with van der Waals surface area (Å²) in [7, 11) is 0. The highest BCUT2D eigenvalue weighted by molar-refractivity contribution is 5.38. The van der Waals surface area contributed by atoms with Gasteiger partial charge in [-0.05, 0) is 60.1 Å². The molecule has 0 aliphatic carbocycles. The Bertz CT molecular complexity index is 1370. The lowest BCUT2D eigenvalue weighted by Gasteiger charge is -2.34. The number of nitrogens with zero attached hydrogens (tertiary/aromatic N) is 6. The van der Waals surface area contributed by atoms with Gasteiger partial charge in [-0.15, -0.1) is 4.91 Å². The molecule has 35 heavy (non-hydrogen) atoms. The Hall–Kier alpha value is -4.59. The van der Waals surface area contributed by atoms with Crippen molar-refractivity contribution in [3.63, 3.8) is 0 Å². The normalized spacial score (nSPS) is 13.0. The summed E-state index contributed by atoms with van der Waals surface area (Å²) in [5.74, 6) is -4.56. The molecule has 0 amide bonds. The molecule has 0 aliphatic heterocycles. The van der Waals surface area contributed by atoms with Crippen molar-refractivity contribution >= 4 is 0 Å². The molecule has 4 aromatic rings. The number of benzene rings is 2. The molecule has 1 unspecified atom stereocenters. The van der Waals surface area contributed by atoms with Crippen LogP contribution in [-0.2, 0) is 18.0 Å². The maximum atomic E-state index is 16.0. The Morgan fingerprint density at radius 2 is 1.86 bits per heavy atom. The van der Waals surface area contributed by atoms with Crippen LogP contribution in [0.2, 0.25) is 0 Å². The van der Waals surface area contributed by atoms with Gasteiger partial charge in [-0.1, -0.05) is 12.1 Å². The fraction of sp³-hybridized carbons (Fsp3) is 0.167. The third-order valence-electron chi connectivity index (χ3n) is 5.38. The minimum atomic E-state index is -4.05. The Balaban J connectivity index is 1.73. The van der Waals surface area contributed by atoms with E-state index in [-0.39, 0.29) is 5.75 Å². The van der Waals surface area contributed by atoms with Crippen LogP contribution in [0.4, 0.5) is 13.2 Å². The van der Waals surface area contributed by atoms with Gasteiger partial charge in [0, 0.05) is 5.56 Å². The maximum absolute atomic E-state index is 16.0. The average Bonchev–Trinajstić information content (AvgIpc) is 3.37. The fourth-order valence-electron chi connectivity index (χ4n) is 3.57. The minimum Gasteiger partial charge on any atom is -0.456 e. The highest BCUT2D eigenvalue weighted by Gasteiger charge is 2.61. The molecule has 11 heteroatoms. The Labute approximate surface area is 197 Å². The van der Waals surface area contributed by atoms with Crippen molar-refractivity contribution in [3.05, 3.63) is 107 Å². The van der Waals surface area contributed by atoms with Gasteiger partial charge >= 0.3 is 5.92 Å². The largest absolute Gasteiger partial charge is 0.456 e. The van der Waals surface area contributed by atoms with Crippen molar-refractivity contribution in [2.75, 3.05) is 0 Å². The second-order valence-corrected chi connectivity index (χ2v) is 7.72. The number of halogens is 3. The van der Waals surface area contributed by atoms with E-state index >= 15 is 8.78 Å². The van der Waals surface area contributed by atoms with Crippen LogP contribution in [0.15, 0.2) is 78.6 Å². The number of hydrogen-bond donors (Lipinski definition) is 0. The predicted molar refractivity (Wildman–Crippen MR) is 118 cm³/mol. The van der Waals surface area contributed by atoms with Crippen LogP contribution in [0.5, 0.6) is 11.5 Å². The number of hydrogen-bond acceptors (Lipinski definition) is 7. The molecule has 0 saturated carbocycles. The molecule has 0 radical (unpaired) electrons. The summed E-state index contributed by atoms with van der Waals surface area (Å²) in [5, 5.41) is 15.4. The number of rotatable bonds is 8. The zero-order valence-electron chi connectivity index (χ0n) is 18.3. The number of aryl methyl sites for hydroxylation is 1. The molecule has 2 aromatic carbocycles. The van der Waals surface area contributed by atoms with Gasteiger partial charge in [0.05, 0.1) is 24.4 Å². The summed E-state index contributed by atoms with van der Waals surface area (Å²) in [6.07, 6.45) is 3.29. The molecule has 1 atom stereocenters. The molecule has 0 bridgehead atoms. The highest BCUT2D eigenvalue weighted by atomic mass is 19.3. The molecule has 8 nitrogen and oxygen atoms in total. The van der Waals surface area contributed by atoms with E-state index in [1.54, 1.807) is 19.1 Å². The quantitative estimate of drug-likeness (QED) is 0.321. The molecule has 0 fully saturated rings. The number of pyridine rings is 1. The second kappa shape index (κ2) is 9.34. The molecular weight excluding hydrogens is 461 g/mol. The lowest BCUT2D eigenvalue weighted by Crippen LogP contribution is -2.46. The third-order valence-corrected chi connectivity index (χ3v) is 5.38. The maximum Gasteiger partial charge on any atom is 0.323 e. The van der Waals surface area contributed by atoms with E-state index in [4.69, 9.17) is 10.00 Å². The van der Waals surface area contributed by atoms with Crippen LogP contribution in [0.25, 0.3) is 0 Å². The standard InChI is InChI=1S/C24H17F3N6O2/c1-16-2-8-20(21(25)10-16)23(32-34,13-33-15-29-14-31-33)24(26,27)22-9-7-19(12-30-22)35-18-5-3-17(11-28)4-6-18/h2-10,12,14-15H,13H2,1H3. The van der Waals surface area contributed by atoms with Crippen molar-refractivity contribution < 1.29 is 17.9 Å². The Morgan fingerprint density at radius 1 is 1.11 bits per heavy atom. The van der Waals surface area contributed by atoms with Crippen LogP contribution in [0, 0.1) is 29.0 Å². The lowest BCUT2D eigenvalue weighted by atomic mass is 9.81. The van der Waals surface area contributed by atoms with Crippen molar-refractivity contribution in [1.82, 2.24) is 19.7 Å². The van der Waals surface area contributed by atoms with E-state index in [2.05, 4.69) is 20.2 Å². The summed E-state index contributed by atoms with van der Waals surface area (Å²) >= 11 is 0. The number of nitroso groups, excluding NO2 is 1. The molecule has 2 aromatic heterocycles. The van der Waals surface area contributed by atoms with E-state index in [1.807, 2.05) is 6.07 Å². The topological polar surface area (TPSA) is 106 Å². The first kappa shape index (κ1) is 23.6. The van der Waals surface area contributed by atoms with Gasteiger partial charge in [0.1, 0.15) is 35.7 Å². The Kier molecular flexibility index (Phi) is 6.29. The molecule has 0 N–H and O–H groups in total. The lowest BCUT2D eigenvalue weighted by molar-refractivity contribution is -0.0979. The van der Waals surface area contributed by atoms with Gasteiger partial charge in [-0.2, -0.15) is 19.1 Å². The SMILES string of the molecule is Cc1ccc(C(Cn2cncn2)(N=O)C(F)(F)c2ccc(Oc3ccc(C#N)cc3)cn2)c(F)c1. The fourth-order valence-corrected chi connectivity index (χ4v) is 3.57. The van der Waals surface area contributed by atoms with Crippen LogP contribution < -0.4 is 4.74 Å². The number of alkyl halides is 2. The van der Waals surface area contributed by atoms with Gasteiger partial charge in [-0.25, -0.2) is 14.1 Å². The van der Waals surface area contributed by atoms with Gasteiger partial charge in [0.2, 0.25) is 5.54 Å². The summed E-state index contributed by atoms with van der Waals surface area (Å²) < 4.78 is 53.5. The van der Waals surface area contributed by atoms with E-state index < -0.39 is 35.1 Å². The molecule has 4 rings (SSSR count). The van der Waals surface area contributed by atoms with Crippen LogP contribution in [0.1, 0.15) is 22.4 Å². The highest BCUT2D eigenvalue weighted by Crippen LogP contribution is 2.49. The number of nitriles is 1. The van der Waals surface area contributed by atoms with Gasteiger partial charge in [-0.3, -0.25) is 4.98 Å². The number of ether oxygens (including phenoxy) is 1.